The molecule has 0 fully saturated rings. The van der Waals surface area contributed by atoms with Crippen LogP contribution < -0.4 is 0 Å². The van der Waals surface area contributed by atoms with Crippen molar-refractivity contribution in [3.63, 3.8) is 0 Å². The number of aromatic nitrogens is 1. The minimum atomic E-state index is -1.11. The molecule has 1 heterocycles. The van der Waals surface area contributed by atoms with Crippen molar-refractivity contribution in [3.8, 4) is 0 Å². The third-order valence-electron chi connectivity index (χ3n) is 2.18. The zero-order valence-electron chi connectivity index (χ0n) is 9.30. The average molecular weight is 312 g/mol. The molecule has 0 saturated carbocycles. The first-order chi connectivity index (χ1) is 8.65. The van der Waals surface area contributed by atoms with Gasteiger partial charge in [-0.1, -0.05) is 33.2 Å². The zero-order chi connectivity index (χ0) is 13.0. The number of ether oxygens (including phenoxy) is 1. The highest BCUT2D eigenvalue weighted by atomic mass is 79.9. The minimum absolute atomic E-state index is 0.115. The molecule has 1 aromatic carbocycles. The maximum Gasteiger partial charge on any atom is 0.358 e. The summed E-state index contributed by atoms with van der Waals surface area (Å²) in [6.07, 6.45) is 0. The van der Waals surface area contributed by atoms with Crippen molar-refractivity contribution in [3.05, 3.63) is 51.8 Å². The van der Waals surface area contributed by atoms with Crippen LogP contribution in [0.1, 0.15) is 21.8 Å². The van der Waals surface area contributed by atoms with Crippen LogP contribution in [0.15, 0.2) is 39.3 Å². The SMILES string of the molecule is O=C(O)c1cc(COCc2cccc(Br)c2)on1. The van der Waals surface area contributed by atoms with Crippen LogP contribution in [0, 0.1) is 0 Å². The van der Waals surface area contributed by atoms with Crippen LogP contribution in [0.3, 0.4) is 0 Å². The summed E-state index contributed by atoms with van der Waals surface area (Å²) in [4.78, 5) is 10.6. The van der Waals surface area contributed by atoms with Gasteiger partial charge >= 0.3 is 5.97 Å². The predicted molar refractivity (Wildman–Crippen MR) is 66.1 cm³/mol. The van der Waals surface area contributed by atoms with Gasteiger partial charge in [0.1, 0.15) is 6.61 Å². The first-order valence-electron chi connectivity index (χ1n) is 5.16. The number of hydrogen-bond donors (Lipinski definition) is 1. The van der Waals surface area contributed by atoms with Crippen LogP contribution in [0.5, 0.6) is 0 Å². The predicted octanol–water partition coefficient (Wildman–Crippen LogP) is 2.85. The van der Waals surface area contributed by atoms with E-state index < -0.39 is 5.97 Å². The normalized spacial score (nSPS) is 10.5. The summed E-state index contributed by atoms with van der Waals surface area (Å²) >= 11 is 3.37. The molecule has 94 valence electrons. The smallest absolute Gasteiger partial charge is 0.358 e. The Morgan fingerprint density at radius 1 is 1.39 bits per heavy atom. The molecule has 6 heteroatoms. The van der Waals surface area contributed by atoms with E-state index in [0.717, 1.165) is 10.0 Å². The van der Waals surface area contributed by atoms with E-state index in [1.165, 1.54) is 6.07 Å². The number of nitrogens with zero attached hydrogens (tertiary/aromatic N) is 1. The molecule has 0 aliphatic heterocycles. The molecule has 0 saturated heterocycles. The van der Waals surface area contributed by atoms with Crippen LogP contribution in [0.25, 0.3) is 0 Å². The fourth-order valence-electron chi connectivity index (χ4n) is 1.38. The molecule has 2 rings (SSSR count). The summed E-state index contributed by atoms with van der Waals surface area (Å²) in [6.45, 7) is 0.606. The standard InChI is InChI=1S/C12H10BrNO4/c13-9-3-1-2-8(4-9)6-17-7-10-5-11(12(15)16)14-18-10/h1-5H,6-7H2,(H,15,16). The summed E-state index contributed by atoms with van der Waals surface area (Å²) in [7, 11) is 0. The number of carbonyl (C=O) groups is 1. The molecule has 2 aromatic rings. The topological polar surface area (TPSA) is 72.6 Å². The number of carboxylic acid groups (broad SMARTS) is 1. The molecule has 0 atom stereocenters. The van der Waals surface area contributed by atoms with E-state index in [9.17, 15) is 4.79 Å². The second-order valence-electron chi connectivity index (χ2n) is 3.61. The summed E-state index contributed by atoms with van der Waals surface area (Å²) in [6, 6.07) is 9.08. The molecule has 18 heavy (non-hydrogen) atoms. The molecular weight excluding hydrogens is 302 g/mol. The summed E-state index contributed by atoms with van der Waals surface area (Å²) in [5.74, 6) is -0.723. The van der Waals surface area contributed by atoms with Gasteiger partial charge in [0.15, 0.2) is 11.5 Å². The van der Waals surface area contributed by atoms with E-state index in [2.05, 4.69) is 21.1 Å². The Morgan fingerprint density at radius 3 is 2.89 bits per heavy atom. The van der Waals surface area contributed by atoms with Crippen LogP contribution in [0.2, 0.25) is 0 Å². The third kappa shape index (κ3) is 3.41. The molecule has 0 bridgehead atoms. The third-order valence-corrected chi connectivity index (χ3v) is 2.67. The van der Waals surface area contributed by atoms with Crippen molar-refractivity contribution in [2.75, 3.05) is 0 Å². The Hall–Kier alpha value is -1.66. The summed E-state index contributed by atoms with van der Waals surface area (Å²) in [5.41, 5.74) is 0.901. The molecule has 0 aliphatic carbocycles. The lowest BCUT2D eigenvalue weighted by Gasteiger charge is -2.02. The van der Waals surface area contributed by atoms with Gasteiger partial charge in [0, 0.05) is 10.5 Å². The minimum Gasteiger partial charge on any atom is -0.476 e. The van der Waals surface area contributed by atoms with Crippen LogP contribution in [-0.4, -0.2) is 16.2 Å². The fourth-order valence-corrected chi connectivity index (χ4v) is 1.82. The van der Waals surface area contributed by atoms with Crippen molar-refractivity contribution >= 4 is 21.9 Å². The van der Waals surface area contributed by atoms with Crippen LogP contribution in [0.4, 0.5) is 0 Å². The average Bonchev–Trinajstić information content (AvgIpc) is 2.78. The summed E-state index contributed by atoms with van der Waals surface area (Å²) < 4.78 is 11.2. The quantitative estimate of drug-likeness (QED) is 0.919. The van der Waals surface area contributed by atoms with Crippen molar-refractivity contribution < 1.29 is 19.2 Å². The number of carboxylic acids is 1. The van der Waals surface area contributed by atoms with Crippen molar-refractivity contribution in [1.82, 2.24) is 5.16 Å². The van der Waals surface area contributed by atoms with Gasteiger partial charge in [-0.2, -0.15) is 0 Å². The molecule has 0 amide bonds. The molecular formula is C12H10BrNO4. The Labute approximate surface area is 111 Å². The van der Waals surface area contributed by atoms with Crippen LogP contribution in [-0.2, 0) is 18.0 Å². The highest BCUT2D eigenvalue weighted by Gasteiger charge is 2.10. The Kier molecular flexibility index (Phi) is 4.11. The first-order valence-corrected chi connectivity index (χ1v) is 5.95. The lowest BCUT2D eigenvalue weighted by atomic mass is 10.2. The number of benzene rings is 1. The Balaban J connectivity index is 1.86. The van der Waals surface area contributed by atoms with Crippen molar-refractivity contribution in [1.29, 1.82) is 0 Å². The van der Waals surface area contributed by atoms with Gasteiger partial charge in [-0.15, -0.1) is 0 Å². The fraction of sp³-hybridized carbons (Fsp3) is 0.167. The van der Waals surface area contributed by atoms with E-state index in [1.807, 2.05) is 24.3 Å². The van der Waals surface area contributed by atoms with Gasteiger partial charge in [-0.25, -0.2) is 4.79 Å². The lowest BCUT2D eigenvalue weighted by molar-refractivity contribution is 0.0683. The van der Waals surface area contributed by atoms with E-state index in [-0.39, 0.29) is 12.3 Å². The monoisotopic (exact) mass is 311 g/mol. The molecule has 0 unspecified atom stereocenters. The van der Waals surface area contributed by atoms with Gasteiger partial charge < -0.3 is 14.4 Å². The van der Waals surface area contributed by atoms with Crippen molar-refractivity contribution in [2.45, 2.75) is 13.2 Å². The highest BCUT2D eigenvalue weighted by Crippen LogP contribution is 2.13. The van der Waals surface area contributed by atoms with Gasteiger partial charge in [0.05, 0.1) is 6.61 Å². The van der Waals surface area contributed by atoms with E-state index in [4.69, 9.17) is 14.4 Å². The molecule has 0 radical (unpaired) electrons. The maximum absolute atomic E-state index is 10.6. The molecule has 1 aromatic heterocycles. The Morgan fingerprint density at radius 2 is 2.22 bits per heavy atom. The van der Waals surface area contributed by atoms with Crippen molar-refractivity contribution in [2.24, 2.45) is 0 Å². The lowest BCUT2D eigenvalue weighted by Crippen LogP contribution is -1.95. The van der Waals surface area contributed by atoms with Gasteiger partial charge in [-0.05, 0) is 17.7 Å². The number of aromatic carboxylic acids is 1. The molecule has 1 N–H and O–H groups in total. The van der Waals surface area contributed by atoms with Gasteiger partial charge in [0.2, 0.25) is 0 Å². The van der Waals surface area contributed by atoms with E-state index in [0.29, 0.717) is 12.4 Å². The Bertz CT molecular complexity index is 553. The maximum atomic E-state index is 10.6. The highest BCUT2D eigenvalue weighted by molar-refractivity contribution is 9.10. The molecule has 0 spiro atoms. The van der Waals surface area contributed by atoms with E-state index >= 15 is 0 Å². The second-order valence-corrected chi connectivity index (χ2v) is 4.52. The van der Waals surface area contributed by atoms with Crippen LogP contribution >= 0.6 is 15.9 Å². The number of rotatable bonds is 5. The zero-order valence-corrected chi connectivity index (χ0v) is 10.9. The molecule has 0 aliphatic rings. The number of hydrogen-bond acceptors (Lipinski definition) is 4. The first kappa shape index (κ1) is 12.8. The number of halogens is 1. The van der Waals surface area contributed by atoms with Gasteiger partial charge in [0.25, 0.3) is 0 Å². The second kappa shape index (κ2) is 5.79. The van der Waals surface area contributed by atoms with E-state index in [1.54, 1.807) is 0 Å². The largest absolute Gasteiger partial charge is 0.476 e. The summed E-state index contributed by atoms with van der Waals surface area (Å²) in [5, 5.41) is 12.1. The van der Waals surface area contributed by atoms with Gasteiger partial charge in [-0.3, -0.25) is 0 Å². The molecule has 5 nitrogen and oxygen atoms in total.